The molecular formula is C29H35Cl2N3O4. The second-order valence-electron chi connectivity index (χ2n) is 11.4. The van der Waals surface area contributed by atoms with Crippen molar-refractivity contribution in [3.05, 3.63) is 69.7 Å². The third-order valence-corrected chi connectivity index (χ3v) is 8.02. The number of hydrogen-bond donors (Lipinski definition) is 3. The molecule has 38 heavy (non-hydrogen) atoms. The highest BCUT2D eigenvalue weighted by atomic mass is 35.5. The molecule has 1 saturated heterocycles. The van der Waals surface area contributed by atoms with Gasteiger partial charge in [0.25, 0.3) is 0 Å². The Morgan fingerprint density at radius 2 is 1.79 bits per heavy atom. The average molecular weight is 561 g/mol. The number of halogens is 2. The first-order chi connectivity index (χ1) is 17.8. The van der Waals surface area contributed by atoms with Crippen molar-refractivity contribution in [2.45, 2.75) is 70.0 Å². The Morgan fingerprint density at radius 1 is 1.16 bits per heavy atom. The molecule has 2 unspecified atom stereocenters. The van der Waals surface area contributed by atoms with E-state index in [0.717, 1.165) is 0 Å². The first-order valence-corrected chi connectivity index (χ1v) is 13.3. The number of carboxylic acid groups (broad SMARTS) is 1. The molecule has 6 atom stereocenters. The van der Waals surface area contributed by atoms with E-state index in [1.165, 1.54) is 0 Å². The van der Waals surface area contributed by atoms with E-state index in [4.69, 9.17) is 28.9 Å². The van der Waals surface area contributed by atoms with Gasteiger partial charge in [-0.25, -0.2) is 0 Å². The fraction of sp³-hybridized carbons (Fsp3) is 0.483. The number of rotatable bonds is 9. The van der Waals surface area contributed by atoms with Gasteiger partial charge in [-0.05, 0) is 53.1 Å². The molecular weight excluding hydrogens is 525 g/mol. The van der Waals surface area contributed by atoms with Crippen LogP contribution in [0.3, 0.4) is 0 Å². The van der Waals surface area contributed by atoms with Crippen LogP contribution in [0, 0.1) is 22.7 Å². The lowest BCUT2D eigenvalue weighted by molar-refractivity contribution is -0.145. The van der Waals surface area contributed by atoms with E-state index in [9.17, 15) is 25.1 Å². The highest BCUT2D eigenvalue weighted by Gasteiger charge is 2.65. The fourth-order valence-electron chi connectivity index (χ4n) is 6.08. The van der Waals surface area contributed by atoms with Crippen LogP contribution in [-0.4, -0.2) is 51.7 Å². The van der Waals surface area contributed by atoms with Gasteiger partial charge in [-0.1, -0.05) is 75.2 Å². The molecule has 9 heteroatoms. The number of nitrogens with zero attached hydrogens (tertiary/aromatic N) is 2. The normalized spacial score (nSPS) is 25.5. The Labute approximate surface area is 234 Å². The Bertz CT molecular complexity index is 1210. The van der Waals surface area contributed by atoms with Crippen molar-refractivity contribution in [1.29, 1.82) is 5.26 Å². The SMILES string of the molecule is CC(CC(N)=O)C(CO)N1[C@@H](CC(C)(C)C)[C@](C#N)(c2ccc(Cl)cc2)[C@@H](c2cccc(Cl)c2)[C@@H]1C(=O)O. The third kappa shape index (κ3) is 5.84. The topological polar surface area (TPSA) is 128 Å². The Kier molecular flexibility index (Phi) is 9.16. The number of hydrogen-bond acceptors (Lipinski definition) is 5. The van der Waals surface area contributed by atoms with Crippen LogP contribution < -0.4 is 5.73 Å². The number of amides is 1. The maximum absolute atomic E-state index is 13.2. The van der Waals surface area contributed by atoms with Crippen LogP contribution >= 0.6 is 23.2 Å². The van der Waals surface area contributed by atoms with Crippen LogP contribution in [0.5, 0.6) is 0 Å². The molecule has 4 N–H and O–H groups in total. The van der Waals surface area contributed by atoms with E-state index in [-0.39, 0.29) is 11.8 Å². The summed E-state index contributed by atoms with van der Waals surface area (Å²) in [7, 11) is 0. The van der Waals surface area contributed by atoms with Crippen molar-refractivity contribution in [3.8, 4) is 6.07 Å². The monoisotopic (exact) mass is 559 g/mol. The summed E-state index contributed by atoms with van der Waals surface area (Å²) in [5, 5.41) is 33.4. The molecule has 204 valence electrons. The van der Waals surface area contributed by atoms with Crippen molar-refractivity contribution < 1.29 is 19.8 Å². The third-order valence-electron chi connectivity index (χ3n) is 7.54. The van der Waals surface area contributed by atoms with Gasteiger partial charge in [0.15, 0.2) is 0 Å². The highest BCUT2D eigenvalue weighted by Crippen LogP contribution is 2.56. The van der Waals surface area contributed by atoms with Gasteiger partial charge < -0.3 is 15.9 Å². The standard InChI is InChI=1S/C29H35Cl2N3O4/c1-17(12-24(33)36)22(15-35)34-23(14-28(2,3)4)29(16-32,19-8-10-20(30)11-9-19)25(26(34)27(37)38)18-6-5-7-21(31)13-18/h5-11,13,17,22-23,25-26,35H,12,14-15H2,1-4H3,(H2,33,36)(H,37,38)/t17?,22?,23-,25-,26+,29-/m0/s1. The molecule has 7 nitrogen and oxygen atoms in total. The quantitative estimate of drug-likeness (QED) is 0.397. The number of carbonyl (C=O) groups is 2. The first kappa shape index (κ1) is 29.9. The van der Waals surface area contributed by atoms with Gasteiger partial charge in [-0.2, -0.15) is 5.26 Å². The van der Waals surface area contributed by atoms with E-state index < -0.39 is 53.9 Å². The van der Waals surface area contributed by atoms with Crippen LogP contribution in [0.1, 0.15) is 57.6 Å². The van der Waals surface area contributed by atoms with Gasteiger partial charge in [0.1, 0.15) is 11.5 Å². The zero-order valence-electron chi connectivity index (χ0n) is 22.1. The number of likely N-dealkylation sites (tertiary alicyclic amines) is 1. The smallest absolute Gasteiger partial charge is 0.321 e. The number of carboxylic acids is 1. The maximum atomic E-state index is 13.2. The molecule has 1 heterocycles. The fourth-order valence-corrected chi connectivity index (χ4v) is 6.41. The molecule has 0 bridgehead atoms. The van der Waals surface area contributed by atoms with Crippen LogP contribution in [0.4, 0.5) is 0 Å². The van der Waals surface area contributed by atoms with Gasteiger partial charge in [0.2, 0.25) is 5.91 Å². The number of aliphatic hydroxyl groups is 1. The summed E-state index contributed by atoms with van der Waals surface area (Å²) in [6.07, 6.45) is 0.391. The largest absolute Gasteiger partial charge is 0.480 e. The van der Waals surface area contributed by atoms with E-state index in [0.29, 0.717) is 27.6 Å². The van der Waals surface area contributed by atoms with Crippen molar-refractivity contribution in [3.63, 3.8) is 0 Å². The van der Waals surface area contributed by atoms with Crippen molar-refractivity contribution in [1.82, 2.24) is 4.90 Å². The first-order valence-electron chi connectivity index (χ1n) is 12.6. The molecule has 0 spiro atoms. The minimum Gasteiger partial charge on any atom is -0.480 e. The molecule has 3 rings (SSSR count). The molecule has 0 radical (unpaired) electrons. The molecule has 2 aromatic carbocycles. The number of benzene rings is 2. The summed E-state index contributed by atoms with van der Waals surface area (Å²) < 4.78 is 0. The van der Waals surface area contributed by atoms with Gasteiger partial charge >= 0.3 is 5.97 Å². The predicted molar refractivity (Wildman–Crippen MR) is 148 cm³/mol. The molecule has 1 fully saturated rings. The Balaban J connectivity index is 2.44. The van der Waals surface area contributed by atoms with E-state index in [1.54, 1.807) is 60.4 Å². The van der Waals surface area contributed by atoms with Gasteiger partial charge in [-0.3, -0.25) is 14.5 Å². The van der Waals surface area contributed by atoms with Crippen LogP contribution in [0.2, 0.25) is 10.0 Å². The Hall–Kier alpha value is -2.63. The van der Waals surface area contributed by atoms with Gasteiger partial charge in [0.05, 0.1) is 12.7 Å². The maximum Gasteiger partial charge on any atom is 0.321 e. The minimum atomic E-state index is -1.36. The molecule has 1 amide bonds. The molecule has 2 aromatic rings. The van der Waals surface area contributed by atoms with E-state index >= 15 is 0 Å². The van der Waals surface area contributed by atoms with Crippen molar-refractivity contribution in [2.75, 3.05) is 6.61 Å². The second-order valence-corrected chi connectivity index (χ2v) is 12.3. The summed E-state index contributed by atoms with van der Waals surface area (Å²) in [6.45, 7) is 7.43. The zero-order valence-corrected chi connectivity index (χ0v) is 23.6. The van der Waals surface area contributed by atoms with E-state index in [1.807, 2.05) is 20.8 Å². The number of aliphatic carboxylic acids is 1. The van der Waals surface area contributed by atoms with E-state index in [2.05, 4.69) is 6.07 Å². The molecule has 0 aliphatic carbocycles. The zero-order chi connectivity index (χ0) is 28.4. The van der Waals surface area contributed by atoms with Crippen molar-refractivity contribution >= 4 is 35.1 Å². The average Bonchev–Trinajstić information content (AvgIpc) is 3.09. The highest BCUT2D eigenvalue weighted by molar-refractivity contribution is 6.30. The molecule has 0 saturated carbocycles. The summed E-state index contributed by atoms with van der Waals surface area (Å²) in [6, 6.07) is 13.8. The lowest BCUT2D eigenvalue weighted by atomic mass is 9.63. The lowest BCUT2D eigenvalue weighted by Crippen LogP contribution is -2.55. The molecule has 1 aliphatic heterocycles. The van der Waals surface area contributed by atoms with Crippen molar-refractivity contribution in [2.24, 2.45) is 17.1 Å². The number of carbonyl (C=O) groups excluding carboxylic acids is 1. The number of nitrogens with two attached hydrogens (primary N) is 1. The predicted octanol–water partition coefficient (Wildman–Crippen LogP) is 4.98. The van der Waals surface area contributed by atoms with Crippen LogP contribution in [0.25, 0.3) is 0 Å². The number of nitriles is 1. The number of aliphatic hydroxyl groups excluding tert-OH is 1. The summed E-state index contributed by atoms with van der Waals surface area (Å²) >= 11 is 12.6. The van der Waals surface area contributed by atoms with Crippen LogP contribution in [-0.2, 0) is 15.0 Å². The summed E-state index contributed by atoms with van der Waals surface area (Å²) in [4.78, 5) is 26.8. The lowest BCUT2D eigenvalue weighted by Gasteiger charge is -2.43. The molecule has 1 aliphatic rings. The summed E-state index contributed by atoms with van der Waals surface area (Å²) in [5.41, 5.74) is 5.04. The minimum absolute atomic E-state index is 0.0430. The number of primary amides is 1. The van der Waals surface area contributed by atoms with Crippen LogP contribution in [0.15, 0.2) is 48.5 Å². The molecule has 0 aromatic heterocycles. The van der Waals surface area contributed by atoms with Gasteiger partial charge in [-0.15, -0.1) is 0 Å². The van der Waals surface area contributed by atoms with Gasteiger partial charge in [0, 0.05) is 34.5 Å². The Morgan fingerprint density at radius 3 is 2.26 bits per heavy atom. The second kappa shape index (κ2) is 11.6. The summed E-state index contributed by atoms with van der Waals surface area (Å²) in [5.74, 6) is -3.01.